The molecule has 0 N–H and O–H groups in total. The molecule has 1 aromatic carbocycles. The summed E-state index contributed by atoms with van der Waals surface area (Å²) in [5, 5.41) is 0. The molecular weight excluding hydrogens is 316 g/mol. The molecule has 1 aromatic rings. The number of benzene rings is 1. The van der Waals surface area contributed by atoms with Crippen LogP contribution in [0, 0.1) is 0 Å². The molecule has 0 bridgehead atoms. The molecule has 0 saturated carbocycles. The van der Waals surface area contributed by atoms with Gasteiger partial charge >= 0.3 is 0 Å². The second-order valence-electron chi connectivity index (χ2n) is 6.94. The van der Waals surface area contributed by atoms with Crippen molar-refractivity contribution in [2.24, 2.45) is 0 Å². The number of carbonyl (C=O) groups excluding carboxylic acids is 2. The van der Waals surface area contributed by atoms with E-state index in [-0.39, 0.29) is 17.9 Å². The molecule has 2 aliphatic rings. The van der Waals surface area contributed by atoms with Crippen LogP contribution in [0.25, 0.3) is 0 Å². The summed E-state index contributed by atoms with van der Waals surface area (Å²) in [4.78, 5) is 27.8. The van der Waals surface area contributed by atoms with Crippen molar-refractivity contribution in [2.45, 2.75) is 44.6 Å². The lowest BCUT2D eigenvalue weighted by Gasteiger charge is -2.33. The van der Waals surface area contributed by atoms with Gasteiger partial charge in [-0.2, -0.15) is 0 Å². The smallest absolute Gasteiger partial charge is 0.224 e. The minimum Gasteiger partial charge on any atom is -0.375 e. The molecule has 1 atom stereocenters. The summed E-state index contributed by atoms with van der Waals surface area (Å²) in [6.45, 7) is 3.33. The Morgan fingerprint density at radius 3 is 2.80 bits per heavy atom. The van der Waals surface area contributed by atoms with E-state index in [1.165, 1.54) is 5.56 Å². The number of nitrogens with zero attached hydrogens (tertiary/aromatic N) is 2. The van der Waals surface area contributed by atoms with E-state index < -0.39 is 0 Å². The molecule has 2 saturated heterocycles. The molecule has 0 spiro atoms. The molecule has 2 heterocycles. The number of amides is 2. The van der Waals surface area contributed by atoms with Crippen LogP contribution in [0.1, 0.15) is 37.7 Å². The predicted molar refractivity (Wildman–Crippen MR) is 96.1 cm³/mol. The third kappa shape index (κ3) is 5.30. The van der Waals surface area contributed by atoms with Gasteiger partial charge in [0.1, 0.15) is 0 Å². The van der Waals surface area contributed by atoms with Crippen LogP contribution in [0.2, 0.25) is 0 Å². The molecule has 0 radical (unpaired) electrons. The minimum atomic E-state index is 0.134. The number of hydrogen-bond donors (Lipinski definition) is 0. The summed E-state index contributed by atoms with van der Waals surface area (Å²) in [7, 11) is 0. The normalized spacial score (nSPS) is 21.0. The lowest BCUT2D eigenvalue weighted by atomic mass is 10.0. The van der Waals surface area contributed by atoms with Gasteiger partial charge in [0.2, 0.25) is 11.8 Å². The molecule has 2 amide bonds. The fraction of sp³-hybridized carbons (Fsp3) is 0.600. The maximum atomic E-state index is 12.4. The average molecular weight is 344 g/mol. The van der Waals surface area contributed by atoms with Crippen molar-refractivity contribution in [3.8, 4) is 0 Å². The Labute approximate surface area is 149 Å². The van der Waals surface area contributed by atoms with E-state index in [4.69, 9.17) is 4.74 Å². The van der Waals surface area contributed by atoms with Gasteiger partial charge in [-0.15, -0.1) is 0 Å². The third-order valence-electron chi connectivity index (χ3n) is 5.09. The first-order chi connectivity index (χ1) is 12.2. The largest absolute Gasteiger partial charge is 0.375 e. The Hall–Kier alpha value is -1.88. The van der Waals surface area contributed by atoms with Gasteiger partial charge in [-0.1, -0.05) is 30.3 Å². The van der Waals surface area contributed by atoms with Crippen LogP contribution in [-0.2, 0) is 20.7 Å². The van der Waals surface area contributed by atoms with Crippen LogP contribution < -0.4 is 0 Å². The van der Waals surface area contributed by atoms with Crippen molar-refractivity contribution < 1.29 is 14.3 Å². The zero-order valence-corrected chi connectivity index (χ0v) is 14.9. The van der Waals surface area contributed by atoms with Gasteiger partial charge in [0, 0.05) is 39.0 Å². The van der Waals surface area contributed by atoms with Gasteiger partial charge < -0.3 is 14.5 Å². The van der Waals surface area contributed by atoms with Crippen molar-refractivity contribution in [3.63, 3.8) is 0 Å². The first kappa shape index (κ1) is 17.9. The van der Waals surface area contributed by atoms with Crippen molar-refractivity contribution in [1.82, 2.24) is 9.80 Å². The zero-order chi connectivity index (χ0) is 17.5. The van der Waals surface area contributed by atoms with Gasteiger partial charge in [-0.3, -0.25) is 9.59 Å². The maximum Gasteiger partial charge on any atom is 0.224 e. The van der Waals surface area contributed by atoms with Crippen LogP contribution in [0.3, 0.4) is 0 Å². The van der Waals surface area contributed by atoms with E-state index in [2.05, 4.69) is 24.3 Å². The fourth-order valence-corrected chi connectivity index (χ4v) is 3.63. The molecule has 5 nitrogen and oxygen atoms in total. The standard InChI is InChI=1S/C20H28N2O3/c23-19-10-5-12-21(19)13-11-20(24)22-14-15-25-18(16-22)9-4-8-17-6-2-1-3-7-17/h1-3,6-7,18H,4-5,8-16H2. The molecule has 25 heavy (non-hydrogen) atoms. The molecule has 0 aromatic heterocycles. The molecule has 2 aliphatic heterocycles. The van der Waals surface area contributed by atoms with Crippen LogP contribution >= 0.6 is 0 Å². The SMILES string of the molecule is O=C1CCCN1CCC(=O)N1CCOC(CCCc2ccccc2)C1. The first-order valence-corrected chi connectivity index (χ1v) is 9.43. The number of ether oxygens (including phenoxy) is 1. The summed E-state index contributed by atoms with van der Waals surface area (Å²) >= 11 is 0. The second kappa shape index (κ2) is 8.99. The van der Waals surface area contributed by atoms with Crippen LogP contribution in [0.5, 0.6) is 0 Å². The Morgan fingerprint density at radius 1 is 1.20 bits per heavy atom. The zero-order valence-electron chi connectivity index (χ0n) is 14.9. The Balaban J connectivity index is 1.38. The highest BCUT2D eigenvalue weighted by Crippen LogP contribution is 2.15. The number of morpholine rings is 1. The lowest BCUT2D eigenvalue weighted by Crippen LogP contribution is -2.46. The summed E-state index contributed by atoms with van der Waals surface area (Å²) in [5.74, 6) is 0.338. The Kier molecular flexibility index (Phi) is 6.45. The highest BCUT2D eigenvalue weighted by Gasteiger charge is 2.26. The third-order valence-corrected chi connectivity index (χ3v) is 5.09. The molecule has 5 heteroatoms. The van der Waals surface area contributed by atoms with E-state index in [1.807, 2.05) is 15.9 Å². The number of rotatable bonds is 7. The average Bonchev–Trinajstić information content (AvgIpc) is 3.06. The highest BCUT2D eigenvalue weighted by atomic mass is 16.5. The van der Waals surface area contributed by atoms with Crippen molar-refractivity contribution in [3.05, 3.63) is 35.9 Å². The van der Waals surface area contributed by atoms with Crippen molar-refractivity contribution in [2.75, 3.05) is 32.8 Å². The number of carbonyl (C=O) groups is 2. The van der Waals surface area contributed by atoms with E-state index in [1.54, 1.807) is 0 Å². The number of hydrogen-bond acceptors (Lipinski definition) is 3. The van der Waals surface area contributed by atoms with E-state index in [9.17, 15) is 9.59 Å². The molecule has 0 aliphatic carbocycles. The number of aryl methyl sites for hydroxylation is 1. The predicted octanol–water partition coefficient (Wildman–Crippen LogP) is 2.25. The van der Waals surface area contributed by atoms with E-state index >= 15 is 0 Å². The lowest BCUT2D eigenvalue weighted by molar-refractivity contribution is -0.139. The second-order valence-corrected chi connectivity index (χ2v) is 6.94. The van der Waals surface area contributed by atoms with Gasteiger partial charge in [-0.05, 0) is 31.2 Å². The van der Waals surface area contributed by atoms with Crippen LogP contribution in [0.4, 0.5) is 0 Å². The summed E-state index contributed by atoms with van der Waals surface area (Å²) in [5.41, 5.74) is 1.35. The molecule has 2 fully saturated rings. The first-order valence-electron chi connectivity index (χ1n) is 9.43. The monoisotopic (exact) mass is 344 g/mol. The molecule has 3 rings (SSSR count). The van der Waals surface area contributed by atoms with Gasteiger partial charge in [0.25, 0.3) is 0 Å². The van der Waals surface area contributed by atoms with Gasteiger partial charge in [0.15, 0.2) is 0 Å². The number of likely N-dealkylation sites (tertiary alicyclic amines) is 1. The van der Waals surface area contributed by atoms with Gasteiger partial charge in [-0.25, -0.2) is 0 Å². The molecule has 1 unspecified atom stereocenters. The van der Waals surface area contributed by atoms with Crippen LogP contribution in [0.15, 0.2) is 30.3 Å². The quantitative estimate of drug-likeness (QED) is 0.762. The molecule has 136 valence electrons. The van der Waals surface area contributed by atoms with Crippen molar-refractivity contribution in [1.29, 1.82) is 0 Å². The maximum absolute atomic E-state index is 12.4. The summed E-state index contributed by atoms with van der Waals surface area (Å²) in [6, 6.07) is 10.5. The van der Waals surface area contributed by atoms with Crippen LogP contribution in [-0.4, -0.2) is 60.5 Å². The Bertz CT molecular complexity index is 576. The summed E-state index contributed by atoms with van der Waals surface area (Å²) < 4.78 is 5.83. The van der Waals surface area contributed by atoms with E-state index in [0.717, 1.165) is 32.2 Å². The van der Waals surface area contributed by atoms with E-state index in [0.29, 0.717) is 39.1 Å². The molecular formula is C20H28N2O3. The fourth-order valence-electron chi connectivity index (χ4n) is 3.63. The Morgan fingerprint density at radius 2 is 2.04 bits per heavy atom. The van der Waals surface area contributed by atoms with Crippen molar-refractivity contribution >= 4 is 11.8 Å². The topological polar surface area (TPSA) is 49.9 Å². The minimum absolute atomic E-state index is 0.134. The highest BCUT2D eigenvalue weighted by molar-refractivity contribution is 5.80. The van der Waals surface area contributed by atoms with Gasteiger partial charge in [0.05, 0.1) is 12.7 Å². The summed E-state index contributed by atoms with van der Waals surface area (Å²) in [6.07, 6.45) is 5.22.